The smallest absolute Gasteiger partial charge is 0.161 e. The predicted octanol–water partition coefficient (Wildman–Crippen LogP) is 3.86. The first-order chi connectivity index (χ1) is 8.70. The van der Waals surface area contributed by atoms with E-state index >= 15 is 0 Å². The van der Waals surface area contributed by atoms with Crippen LogP contribution in [0.3, 0.4) is 0 Å². The van der Waals surface area contributed by atoms with Gasteiger partial charge in [0.2, 0.25) is 0 Å². The molecule has 96 valence electrons. The Morgan fingerprint density at radius 1 is 1.22 bits per heavy atom. The molecule has 0 spiro atoms. The summed E-state index contributed by atoms with van der Waals surface area (Å²) in [5.41, 5.74) is 4.24. The molecule has 0 radical (unpaired) electrons. The minimum atomic E-state index is 0.443. The van der Waals surface area contributed by atoms with Crippen LogP contribution in [0.4, 0.5) is 5.69 Å². The fraction of sp³-hybridized carbons (Fsp3) is 0.533. The van der Waals surface area contributed by atoms with E-state index in [1.165, 1.54) is 42.5 Å². The van der Waals surface area contributed by atoms with Crippen molar-refractivity contribution in [1.82, 2.24) is 0 Å². The van der Waals surface area contributed by atoms with Crippen LogP contribution in [-0.4, -0.2) is 16.5 Å². The van der Waals surface area contributed by atoms with Gasteiger partial charge in [0.15, 0.2) is 5.17 Å². The van der Waals surface area contributed by atoms with Crippen LogP contribution in [0.25, 0.3) is 0 Å². The quantitative estimate of drug-likeness (QED) is 0.829. The van der Waals surface area contributed by atoms with Gasteiger partial charge in [-0.1, -0.05) is 24.8 Å². The second-order valence-corrected chi connectivity index (χ2v) is 6.84. The minimum absolute atomic E-state index is 0.443. The number of fused-ring (bicyclic) bond motifs is 1. The highest BCUT2D eigenvalue weighted by Gasteiger charge is 2.19. The number of aliphatic imine (C=N–C) groups is 1. The van der Waals surface area contributed by atoms with Crippen molar-refractivity contribution in [3.8, 4) is 0 Å². The van der Waals surface area contributed by atoms with Gasteiger partial charge in [-0.25, -0.2) is 0 Å². The summed E-state index contributed by atoms with van der Waals surface area (Å²) in [6.45, 7) is 4.47. The molecule has 1 N–H and O–H groups in total. The summed E-state index contributed by atoms with van der Waals surface area (Å²) < 4.78 is 0. The van der Waals surface area contributed by atoms with Crippen LogP contribution in [0.2, 0.25) is 0 Å². The lowest BCUT2D eigenvalue weighted by Gasteiger charge is -2.23. The maximum atomic E-state index is 4.69. The summed E-state index contributed by atoms with van der Waals surface area (Å²) in [4.78, 5) is 4.69. The number of nitrogens with zero attached hydrogens (tertiary/aromatic N) is 1. The van der Waals surface area contributed by atoms with Gasteiger partial charge in [0.05, 0.1) is 6.04 Å². The lowest BCUT2D eigenvalue weighted by Crippen LogP contribution is -2.22. The normalized spacial score (nSPS) is 26.7. The number of benzene rings is 1. The number of aryl methyl sites for hydroxylation is 2. The maximum Gasteiger partial charge on any atom is 0.161 e. The highest BCUT2D eigenvalue weighted by Crippen LogP contribution is 2.28. The molecule has 0 amide bonds. The van der Waals surface area contributed by atoms with Crippen LogP contribution in [-0.2, 0) is 12.8 Å². The van der Waals surface area contributed by atoms with Crippen molar-refractivity contribution < 1.29 is 0 Å². The first-order valence-corrected chi connectivity index (χ1v) is 7.72. The van der Waals surface area contributed by atoms with E-state index < -0.39 is 0 Å². The van der Waals surface area contributed by atoms with Gasteiger partial charge in [0.1, 0.15) is 0 Å². The molecule has 0 fully saturated rings. The van der Waals surface area contributed by atoms with Crippen molar-refractivity contribution in [3.05, 3.63) is 29.3 Å². The fourth-order valence-corrected chi connectivity index (χ4v) is 4.01. The van der Waals surface area contributed by atoms with Gasteiger partial charge in [-0.3, -0.25) is 4.99 Å². The van der Waals surface area contributed by atoms with E-state index in [0.717, 1.165) is 5.17 Å². The van der Waals surface area contributed by atoms with Crippen LogP contribution < -0.4 is 5.32 Å². The van der Waals surface area contributed by atoms with Crippen LogP contribution in [0, 0.1) is 0 Å². The van der Waals surface area contributed by atoms with Crippen LogP contribution in [0.1, 0.15) is 37.8 Å². The molecular weight excluding hydrogens is 240 g/mol. The number of hydrogen-bond donors (Lipinski definition) is 1. The molecule has 1 aliphatic carbocycles. The van der Waals surface area contributed by atoms with Crippen molar-refractivity contribution in [2.75, 3.05) is 5.32 Å². The van der Waals surface area contributed by atoms with Gasteiger partial charge in [0.25, 0.3) is 0 Å². The number of nitrogens with one attached hydrogen (secondary N) is 1. The van der Waals surface area contributed by atoms with E-state index in [1.807, 2.05) is 11.8 Å². The molecule has 0 bridgehead atoms. The standard InChI is InChI=1S/C15H20N2S/c1-10-8-11(2)18-15(16-10)17-14-7-6-12-4-3-5-13(12)9-14/h6-7,9-11H,3-5,8H2,1-2H3,(H,16,17). The number of anilines is 1. The Balaban J connectivity index is 1.76. The zero-order valence-corrected chi connectivity index (χ0v) is 11.9. The van der Waals surface area contributed by atoms with E-state index in [9.17, 15) is 0 Å². The topological polar surface area (TPSA) is 24.4 Å². The monoisotopic (exact) mass is 260 g/mol. The molecule has 18 heavy (non-hydrogen) atoms. The Morgan fingerprint density at radius 3 is 2.89 bits per heavy atom. The summed E-state index contributed by atoms with van der Waals surface area (Å²) in [6, 6.07) is 7.20. The third-order valence-electron chi connectivity index (χ3n) is 3.67. The van der Waals surface area contributed by atoms with E-state index in [-0.39, 0.29) is 0 Å². The second kappa shape index (κ2) is 4.96. The molecule has 1 heterocycles. The molecule has 0 aromatic heterocycles. The predicted molar refractivity (Wildman–Crippen MR) is 80.7 cm³/mol. The lowest BCUT2D eigenvalue weighted by molar-refractivity contribution is 0.661. The molecule has 1 aliphatic heterocycles. The van der Waals surface area contributed by atoms with Gasteiger partial charge < -0.3 is 5.32 Å². The molecule has 2 nitrogen and oxygen atoms in total. The first kappa shape index (κ1) is 12.1. The van der Waals surface area contributed by atoms with Crippen LogP contribution in [0.5, 0.6) is 0 Å². The Labute approximate surface area is 113 Å². The van der Waals surface area contributed by atoms with E-state index in [0.29, 0.717) is 11.3 Å². The Bertz CT molecular complexity index is 481. The molecule has 3 rings (SSSR count). The molecule has 0 saturated carbocycles. The van der Waals surface area contributed by atoms with E-state index in [2.05, 4.69) is 42.4 Å². The summed E-state index contributed by atoms with van der Waals surface area (Å²) in [5, 5.41) is 5.23. The average Bonchev–Trinajstić information content (AvgIpc) is 2.74. The molecule has 2 unspecified atom stereocenters. The van der Waals surface area contributed by atoms with Gasteiger partial charge in [0, 0.05) is 10.9 Å². The minimum Gasteiger partial charge on any atom is -0.335 e. The van der Waals surface area contributed by atoms with E-state index in [1.54, 1.807) is 0 Å². The highest BCUT2D eigenvalue weighted by atomic mass is 32.2. The first-order valence-electron chi connectivity index (χ1n) is 6.84. The second-order valence-electron chi connectivity index (χ2n) is 5.41. The van der Waals surface area contributed by atoms with Crippen LogP contribution >= 0.6 is 11.8 Å². The lowest BCUT2D eigenvalue weighted by atomic mass is 10.1. The van der Waals surface area contributed by atoms with Crippen molar-refractivity contribution in [3.63, 3.8) is 0 Å². The van der Waals surface area contributed by atoms with Gasteiger partial charge >= 0.3 is 0 Å². The average molecular weight is 260 g/mol. The molecule has 3 heteroatoms. The summed E-state index contributed by atoms with van der Waals surface area (Å²) in [7, 11) is 0. The largest absolute Gasteiger partial charge is 0.335 e. The SMILES string of the molecule is CC1CC(C)SC(Nc2ccc3c(c2)CCC3)=N1. The zero-order valence-electron chi connectivity index (χ0n) is 11.1. The van der Waals surface area contributed by atoms with Gasteiger partial charge in [-0.05, 0) is 55.9 Å². The van der Waals surface area contributed by atoms with Crippen molar-refractivity contribution in [2.45, 2.75) is 50.8 Å². The third kappa shape index (κ3) is 2.56. The number of amidine groups is 1. The van der Waals surface area contributed by atoms with Crippen molar-refractivity contribution in [2.24, 2.45) is 4.99 Å². The zero-order chi connectivity index (χ0) is 12.5. The summed E-state index contributed by atoms with van der Waals surface area (Å²) in [6.07, 6.45) is 4.97. The summed E-state index contributed by atoms with van der Waals surface area (Å²) >= 11 is 1.86. The van der Waals surface area contributed by atoms with Crippen LogP contribution in [0.15, 0.2) is 23.2 Å². The number of thioether (sulfide) groups is 1. The fourth-order valence-electron chi connectivity index (χ4n) is 2.84. The molecule has 2 aliphatic rings. The Kier molecular flexibility index (Phi) is 3.33. The Morgan fingerprint density at radius 2 is 2.06 bits per heavy atom. The van der Waals surface area contributed by atoms with Crippen molar-refractivity contribution >= 4 is 22.6 Å². The van der Waals surface area contributed by atoms with Gasteiger partial charge in [-0.15, -0.1) is 0 Å². The van der Waals surface area contributed by atoms with E-state index in [4.69, 9.17) is 0 Å². The highest BCUT2D eigenvalue weighted by molar-refractivity contribution is 8.14. The number of rotatable bonds is 1. The molecule has 1 aromatic carbocycles. The third-order valence-corrected chi connectivity index (χ3v) is 4.70. The maximum absolute atomic E-state index is 4.69. The molecule has 0 saturated heterocycles. The molecule has 1 aromatic rings. The Hall–Kier alpha value is -0.960. The number of hydrogen-bond acceptors (Lipinski definition) is 3. The molecular formula is C15H20N2S. The summed E-state index contributed by atoms with van der Waals surface area (Å²) in [5.74, 6) is 0. The van der Waals surface area contributed by atoms with Gasteiger partial charge in [-0.2, -0.15) is 0 Å². The molecule has 2 atom stereocenters. The van der Waals surface area contributed by atoms with Crippen molar-refractivity contribution in [1.29, 1.82) is 0 Å².